The molecule has 3 fully saturated rings. The number of nitrogens with zero attached hydrogens (tertiary/aromatic N) is 3. The summed E-state index contributed by atoms with van der Waals surface area (Å²) in [6, 6.07) is 43.1. The Hall–Kier alpha value is -6.95. The van der Waals surface area contributed by atoms with E-state index in [1.807, 2.05) is 98.8 Å². The number of fused-ring (bicyclic) bond motifs is 3. The number of carbonyl (C=O) groups excluding carboxylic acids is 1. The first kappa shape index (κ1) is 67.4. The van der Waals surface area contributed by atoms with Crippen LogP contribution < -0.4 is 5.11 Å². The summed E-state index contributed by atoms with van der Waals surface area (Å²) >= 11 is 0. The molecular weight excluding hydrogens is 1170 g/mol. The minimum absolute atomic E-state index is 0. The Morgan fingerprint density at radius 3 is 0.967 bits per heavy atom. The fraction of sp³-hybridized carbons (Fsp3) is 0.307. The van der Waals surface area contributed by atoms with Crippen LogP contribution in [0.2, 0.25) is 0 Å². The SMILES string of the molecule is CC[C@H](O)C[C@H](O)/C=C/c1c(C2CC2)nc2ccccc2c1-c1ccc(F)cc1.CC[C@H](O)C[C@H](O)/C=C/c1c(C2CC2)nc2ccccc2c1-c1ccc(F)cc1.O=C([O-])C[C@H](O)C[C@H](O)/C=C/c1c(C2CC2)nc2ccccc2c1-c1ccc(F)cc1.[Ca+2]. The zero-order valence-corrected chi connectivity index (χ0v) is 52.9. The topological polar surface area (TPSA) is 200 Å². The molecule has 0 bridgehead atoms. The molecule has 90 heavy (non-hydrogen) atoms. The van der Waals surface area contributed by atoms with E-state index in [1.54, 1.807) is 60.7 Å². The largest absolute Gasteiger partial charge is 2.00 e. The van der Waals surface area contributed by atoms with Gasteiger partial charge in [0.1, 0.15) is 17.5 Å². The van der Waals surface area contributed by atoms with Crippen molar-refractivity contribution in [2.75, 3.05) is 0 Å². The summed E-state index contributed by atoms with van der Waals surface area (Å²) in [6.07, 6.45) is 13.6. The van der Waals surface area contributed by atoms with Crippen LogP contribution in [0.4, 0.5) is 13.2 Å². The summed E-state index contributed by atoms with van der Waals surface area (Å²) in [6.45, 7) is 3.79. The average Bonchev–Trinajstić information content (AvgIpc) is 1.35. The molecule has 3 saturated carbocycles. The Morgan fingerprint density at radius 2 is 0.711 bits per heavy atom. The van der Waals surface area contributed by atoms with E-state index in [2.05, 4.69) is 0 Å². The predicted octanol–water partition coefficient (Wildman–Crippen LogP) is 13.7. The van der Waals surface area contributed by atoms with E-state index in [9.17, 15) is 53.7 Å². The molecule has 9 aromatic rings. The predicted molar refractivity (Wildman–Crippen MR) is 350 cm³/mol. The molecule has 3 heterocycles. The molecule has 6 atom stereocenters. The Bertz CT molecular complexity index is 3830. The van der Waals surface area contributed by atoms with Crippen LogP contribution in [0.1, 0.15) is 142 Å². The number of aliphatic carboxylic acids is 1. The van der Waals surface area contributed by atoms with E-state index in [-0.39, 0.29) is 61.6 Å². The molecule has 15 heteroatoms. The van der Waals surface area contributed by atoms with Crippen molar-refractivity contribution in [2.45, 2.75) is 145 Å². The number of hydrogen-bond acceptors (Lipinski definition) is 11. The number of pyridine rings is 3. The van der Waals surface area contributed by atoms with Crippen LogP contribution in [0.15, 0.2) is 164 Å². The van der Waals surface area contributed by atoms with Gasteiger partial charge in [0.2, 0.25) is 0 Å². The van der Waals surface area contributed by atoms with Gasteiger partial charge in [0.25, 0.3) is 0 Å². The second kappa shape index (κ2) is 31.4. The molecule has 0 amide bonds. The van der Waals surface area contributed by atoms with E-state index in [0.29, 0.717) is 43.4 Å². The number of aliphatic hydroxyl groups excluding tert-OH is 6. The summed E-state index contributed by atoms with van der Waals surface area (Å²) in [5.41, 5.74) is 14.1. The number of carbonyl (C=O) groups is 1. The fourth-order valence-corrected chi connectivity index (χ4v) is 11.3. The quantitative estimate of drug-likeness (QED) is 0.0353. The molecule has 3 aliphatic carbocycles. The van der Waals surface area contributed by atoms with Crippen LogP contribution in [0.5, 0.6) is 0 Å². The molecule has 0 aliphatic heterocycles. The van der Waals surface area contributed by atoms with Crippen LogP contribution in [0.3, 0.4) is 0 Å². The summed E-state index contributed by atoms with van der Waals surface area (Å²) in [7, 11) is 0. The Balaban J connectivity index is 0.000000159. The number of halogens is 3. The molecule has 11 nitrogen and oxygen atoms in total. The van der Waals surface area contributed by atoms with Crippen molar-refractivity contribution in [3.8, 4) is 33.4 Å². The van der Waals surface area contributed by atoms with E-state index in [0.717, 1.165) is 138 Å². The number of aliphatic hydroxyl groups is 6. The first-order valence-corrected chi connectivity index (χ1v) is 30.9. The molecule has 0 unspecified atom stereocenters. The summed E-state index contributed by atoms with van der Waals surface area (Å²) in [4.78, 5) is 25.4. The number of carboxylic acids is 1. The average molecular weight is 1240 g/mol. The van der Waals surface area contributed by atoms with Crippen LogP contribution in [0, 0.1) is 17.5 Å². The zero-order valence-electron chi connectivity index (χ0n) is 50.7. The molecule has 6 aromatic carbocycles. The van der Waals surface area contributed by atoms with Crippen molar-refractivity contribution in [1.82, 2.24) is 15.0 Å². The molecule has 12 rings (SSSR count). The maximum Gasteiger partial charge on any atom is 2.00 e. The van der Waals surface area contributed by atoms with Gasteiger partial charge >= 0.3 is 37.7 Å². The molecular formula is C75H75CaF3N3O8+. The molecule has 0 radical (unpaired) electrons. The Morgan fingerprint density at radius 1 is 0.444 bits per heavy atom. The van der Waals surface area contributed by atoms with Gasteiger partial charge in [-0.05, 0) is 123 Å². The van der Waals surface area contributed by atoms with E-state index < -0.39 is 49.0 Å². The molecule has 6 N–H and O–H groups in total. The molecule has 3 aromatic heterocycles. The van der Waals surface area contributed by atoms with Gasteiger partial charge in [-0.3, -0.25) is 15.0 Å². The van der Waals surface area contributed by atoms with E-state index in [1.165, 1.54) is 36.4 Å². The third-order valence-electron chi connectivity index (χ3n) is 16.5. The van der Waals surface area contributed by atoms with Crippen molar-refractivity contribution in [2.24, 2.45) is 0 Å². The van der Waals surface area contributed by atoms with Crippen molar-refractivity contribution in [3.63, 3.8) is 0 Å². The van der Waals surface area contributed by atoms with Gasteiger partial charge in [-0.2, -0.15) is 0 Å². The van der Waals surface area contributed by atoms with Gasteiger partial charge < -0.3 is 40.5 Å². The van der Waals surface area contributed by atoms with Crippen LogP contribution in [-0.2, 0) is 4.79 Å². The minimum atomic E-state index is -1.36. The molecule has 0 spiro atoms. The van der Waals surface area contributed by atoms with Gasteiger partial charge in [-0.15, -0.1) is 0 Å². The normalized spacial score (nSPS) is 16.1. The molecule has 0 saturated heterocycles. The van der Waals surface area contributed by atoms with Gasteiger partial charge in [0.15, 0.2) is 0 Å². The van der Waals surface area contributed by atoms with E-state index in [4.69, 9.17) is 15.0 Å². The third-order valence-corrected chi connectivity index (χ3v) is 16.5. The van der Waals surface area contributed by atoms with Crippen LogP contribution in [0.25, 0.3) is 84.3 Å². The summed E-state index contributed by atoms with van der Waals surface area (Å²) in [5, 5.41) is 74.0. The van der Waals surface area contributed by atoms with E-state index >= 15 is 0 Å². The molecule has 460 valence electrons. The summed E-state index contributed by atoms with van der Waals surface area (Å²) < 4.78 is 40.7. The smallest absolute Gasteiger partial charge is 0.550 e. The van der Waals surface area contributed by atoms with Crippen molar-refractivity contribution >= 4 is 94.6 Å². The fourth-order valence-electron chi connectivity index (χ4n) is 11.3. The maximum absolute atomic E-state index is 13.6. The van der Waals surface area contributed by atoms with Gasteiger partial charge in [0, 0.05) is 98.9 Å². The number of carboxylic acid groups (broad SMARTS) is 1. The Kier molecular flexibility index (Phi) is 23.5. The maximum atomic E-state index is 13.6. The number of para-hydroxylation sites is 3. The van der Waals surface area contributed by atoms with Crippen molar-refractivity contribution in [1.29, 1.82) is 0 Å². The van der Waals surface area contributed by atoms with Gasteiger partial charge in [0.05, 0.1) is 70.3 Å². The summed E-state index contributed by atoms with van der Waals surface area (Å²) in [5.74, 6) is -1.07. The first-order valence-electron chi connectivity index (χ1n) is 30.9. The second-order valence-corrected chi connectivity index (χ2v) is 23.6. The standard InChI is InChI=1S/C25H24FNO4.2C25H26FNO2.Ca/c26-17-9-7-15(8-10-17)24-20-3-1-2-4-22(20)27-25(16-5-6-16)21(24)12-11-18(28)13-19(29)14-23(30)31;2*1-2-19(28)15-20(29)13-14-22-24(16-9-11-18(26)12-10-16)21-5-3-4-6-23(21)27-25(22)17-7-8-17;/h1-4,7-12,16,18-19,28-29H,5-6,13-14H2,(H,30,31);2*3-6,9-14,17,19-20,28-29H,2,7-8,15H2,1H3;/q;;;+2/p-1/b12-11+;2*14-13+;/t18-,19-;2*19-,20+;/m100./s1. The Labute approximate surface area is 553 Å². The molecule has 3 aliphatic rings. The van der Waals surface area contributed by atoms with Crippen molar-refractivity contribution in [3.05, 3.63) is 215 Å². The van der Waals surface area contributed by atoms with Gasteiger partial charge in [-0.1, -0.05) is 141 Å². The van der Waals surface area contributed by atoms with Crippen LogP contribution in [-0.4, -0.2) is 126 Å². The first-order chi connectivity index (χ1) is 43.0. The number of rotatable bonds is 22. The monoisotopic (exact) mass is 1240 g/mol. The van der Waals surface area contributed by atoms with Gasteiger partial charge in [-0.25, -0.2) is 13.2 Å². The minimum Gasteiger partial charge on any atom is -0.550 e. The zero-order chi connectivity index (χ0) is 62.7. The third kappa shape index (κ3) is 17.5. The van der Waals surface area contributed by atoms with Crippen molar-refractivity contribution < 1.29 is 53.7 Å². The number of aromatic nitrogens is 3. The number of benzene rings is 6. The second-order valence-electron chi connectivity index (χ2n) is 23.6. The number of hydrogen-bond donors (Lipinski definition) is 6. The van der Waals surface area contributed by atoms with Crippen LogP contribution >= 0.6 is 0 Å².